The molecule has 0 bridgehead atoms. The van der Waals surface area contributed by atoms with Gasteiger partial charge in [0.25, 0.3) is 0 Å². The van der Waals surface area contributed by atoms with Gasteiger partial charge in [-0.15, -0.1) is 0 Å². The molecule has 0 aliphatic carbocycles. The summed E-state index contributed by atoms with van der Waals surface area (Å²) in [4.78, 5) is 8.62. The Labute approximate surface area is 444 Å². The average Bonchev–Trinajstić information content (AvgIpc) is 3.95. The number of fused-ring (bicyclic) bond motifs is 4. The lowest BCUT2D eigenvalue weighted by molar-refractivity contribution is 0.483. The maximum atomic E-state index is 16.4. The van der Waals surface area contributed by atoms with Crippen molar-refractivity contribution in [2.24, 2.45) is 0 Å². The quantitative estimate of drug-likeness (QED) is 0.142. The molecule has 11 heteroatoms. The number of hydrogen-bond acceptors (Lipinski definition) is 4. The molecule has 1 aliphatic heterocycles. The van der Waals surface area contributed by atoms with Gasteiger partial charge in [-0.1, -0.05) is 117 Å². The van der Waals surface area contributed by atoms with Crippen molar-refractivity contribution in [3.8, 4) is 50.7 Å². The molecule has 0 saturated carbocycles. The second-order valence-electron chi connectivity index (χ2n) is 22.9. The number of nitrogens with zero attached hydrogens (tertiary/aromatic N) is 4. The summed E-state index contributed by atoms with van der Waals surface area (Å²) in [5.74, 6) is -5.32. The van der Waals surface area contributed by atoms with Crippen LogP contribution in [0.1, 0.15) is 79.0 Å². The maximum Gasteiger partial charge on any atom is 0.137 e. The molecule has 0 N–H and O–H groups in total. The van der Waals surface area contributed by atoms with Gasteiger partial charge in [-0.25, -0.2) is 31.3 Å². The van der Waals surface area contributed by atoms with E-state index in [1.54, 1.807) is 23.1 Å². The molecule has 0 fully saturated rings. The molecular formula is C66H56F6N4O. The first-order chi connectivity index (χ1) is 36.5. The fraction of sp³-hybridized carbons (Fsp3) is 0.197. The molecule has 0 amide bonds. The molecule has 1 aliphatic rings. The molecule has 3 heterocycles. The summed E-state index contributed by atoms with van der Waals surface area (Å²) in [6.07, 6.45) is 1.85. The average molecular weight is 1040 g/mol. The number of ether oxygens (including phenoxy) is 1. The summed E-state index contributed by atoms with van der Waals surface area (Å²) in [6.45, 7) is 18.5. The van der Waals surface area contributed by atoms with E-state index in [0.717, 1.165) is 49.9 Å². The van der Waals surface area contributed by atoms with Gasteiger partial charge in [0.05, 0.1) is 39.2 Å². The second-order valence-corrected chi connectivity index (χ2v) is 22.9. The molecule has 0 saturated heterocycles. The highest BCUT2D eigenvalue weighted by Gasteiger charge is 2.36. The van der Waals surface area contributed by atoms with Gasteiger partial charge >= 0.3 is 0 Å². The van der Waals surface area contributed by atoms with E-state index < -0.39 is 51.4 Å². The normalized spacial score (nSPS) is 13.0. The van der Waals surface area contributed by atoms with Crippen LogP contribution in [-0.2, 0) is 16.2 Å². The summed E-state index contributed by atoms with van der Waals surface area (Å²) in [5, 5.41) is 2.08. The first-order valence-electron chi connectivity index (χ1n) is 25.6. The van der Waals surface area contributed by atoms with Crippen molar-refractivity contribution in [1.29, 1.82) is 0 Å². The Balaban J connectivity index is 1.12. The fourth-order valence-electron chi connectivity index (χ4n) is 10.7. The summed E-state index contributed by atoms with van der Waals surface area (Å²) >= 11 is 0. The molecule has 0 radical (unpaired) electrons. The van der Waals surface area contributed by atoms with Crippen LogP contribution in [0.4, 0.5) is 49.1 Å². The van der Waals surface area contributed by atoms with Crippen LogP contribution in [-0.4, -0.2) is 16.2 Å². The number of hydrogen-bond donors (Lipinski definition) is 0. The molecule has 2 aromatic heterocycles. The highest BCUT2D eigenvalue weighted by Crippen LogP contribution is 2.54. The summed E-state index contributed by atoms with van der Waals surface area (Å²) < 4.78 is 104. The minimum absolute atomic E-state index is 0.0127. The van der Waals surface area contributed by atoms with Crippen LogP contribution in [0.5, 0.6) is 11.5 Å². The van der Waals surface area contributed by atoms with E-state index in [1.807, 2.05) is 105 Å². The first kappa shape index (κ1) is 50.8. The van der Waals surface area contributed by atoms with E-state index in [4.69, 9.17) is 9.72 Å². The lowest BCUT2D eigenvalue weighted by Crippen LogP contribution is -2.26. The van der Waals surface area contributed by atoms with Gasteiger partial charge in [0, 0.05) is 70.2 Å². The monoisotopic (exact) mass is 1030 g/mol. The fourth-order valence-corrected chi connectivity index (χ4v) is 10.7. The lowest BCUT2D eigenvalue weighted by atomic mass is 9.81. The maximum absolute atomic E-state index is 16.4. The van der Waals surface area contributed by atoms with Crippen LogP contribution in [0.25, 0.3) is 61.0 Å². The summed E-state index contributed by atoms with van der Waals surface area (Å²) in [5.41, 5.74) is 5.69. The standard InChI is InChI=1S/C66H56F6N4O/c1-64(2,3)39-24-25-73-60(30-39)76-56-19-13-11-17-47(56)48-23-22-44(36-59(48)76)77-45-27-38(46-16-10-12-18-51(46)66(7,8)9)26-43(35-45)74-37-75(58-21-15-14-20-57(58)74)63-49(61-52(69)31-41(67)32-53(61)70)28-40(65(4,5)6)29-50(63)62-54(71)33-42(68)34-55(62)72/h10-36H,37H2,1-9H3. The van der Waals surface area contributed by atoms with E-state index >= 15 is 17.6 Å². The molecule has 388 valence electrons. The van der Waals surface area contributed by atoms with Gasteiger partial charge in [0.15, 0.2) is 0 Å². The van der Waals surface area contributed by atoms with Gasteiger partial charge in [0.2, 0.25) is 0 Å². The van der Waals surface area contributed by atoms with Gasteiger partial charge < -0.3 is 14.5 Å². The Morgan fingerprint density at radius 2 is 1.01 bits per heavy atom. The van der Waals surface area contributed by atoms with Crippen molar-refractivity contribution < 1.29 is 31.1 Å². The van der Waals surface area contributed by atoms with Crippen molar-refractivity contribution in [2.75, 3.05) is 16.5 Å². The molecule has 0 spiro atoms. The van der Waals surface area contributed by atoms with Crippen molar-refractivity contribution >= 4 is 44.6 Å². The minimum atomic E-state index is -1.22. The zero-order chi connectivity index (χ0) is 54.5. The number of aromatic nitrogens is 2. The minimum Gasteiger partial charge on any atom is -0.457 e. The molecule has 8 aromatic carbocycles. The first-order valence-corrected chi connectivity index (χ1v) is 25.6. The zero-order valence-electron chi connectivity index (χ0n) is 44.3. The van der Waals surface area contributed by atoms with E-state index in [9.17, 15) is 8.78 Å². The van der Waals surface area contributed by atoms with Crippen LogP contribution in [0.3, 0.4) is 0 Å². The number of rotatable bonds is 8. The third-order valence-electron chi connectivity index (χ3n) is 14.5. The molecule has 11 rings (SSSR count). The summed E-state index contributed by atoms with van der Waals surface area (Å²) in [6, 6.07) is 45.4. The van der Waals surface area contributed by atoms with Crippen LogP contribution < -0.4 is 14.5 Å². The van der Waals surface area contributed by atoms with Gasteiger partial charge in [-0.2, -0.15) is 0 Å². The predicted octanol–water partition coefficient (Wildman–Crippen LogP) is 18.9. The molecule has 77 heavy (non-hydrogen) atoms. The second kappa shape index (κ2) is 18.8. The topological polar surface area (TPSA) is 33.5 Å². The summed E-state index contributed by atoms with van der Waals surface area (Å²) in [7, 11) is 0. The van der Waals surface area contributed by atoms with Gasteiger partial charge in [-0.05, 0) is 111 Å². The number of halogens is 6. The van der Waals surface area contributed by atoms with Gasteiger partial charge in [0.1, 0.15) is 58.9 Å². The Morgan fingerprint density at radius 3 is 1.62 bits per heavy atom. The van der Waals surface area contributed by atoms with Crippen LogP contribution in [0, 0.1) is 34.9 Å². The number of para-hydroxylation sites is 3. The zero-order valence-corrected chi connectivity index (χ0v) is 44.3. The Morgan fingerprint density at radius 1 is 0.455 bits per heavy atom. The molecular weight excluding hydrogens is 979 g/mol. The lowest BCUT2D eigenvalue weighted by Gasteiger charge is -2.30. The van der Waals surface area contributed by atoms with Crippen LogP contribution in [0.2, 0.25) is 0 Å². The number of benzene rings is 8. The molecule has 10 aromatic rings. The molecule has 0 atom stereocenters. The van der Waals surface area contributed by atoms with Gasteiger partial charge in [-0.3, -0.25) is 4.57 Å². The highest BCUT2D eigenvalue weighted by atomic mass is 19.2. The van der Waals surface area contributed by atoms with Crippen LogP contribution in [0.15, 0.2) is 164 Å². The number of anilines is 4. The van der Waals surface area contributed by atoms with Crippen molar-refractivity contribution in [3.05, 3.63) is 216 Å². The largest absolute Gasteiger partial charge is 0.457 e. The predicted molar refractivity (Wildman–Crippen MR) is 299 cm³/mol. The Kier molecular flexibility index (Phi) is 12.4. The molecule has 0 unspecified atom stereocenters. The third kappa shape index (κ3) is 9.25. The van der Waals surface area contributed by atoms with E-state index in [1.165, 1.54) is 0 Å². The van der Waals surface area contributed by atoms with E-state index in [-0.39, 0.29) is 34.3 Å². The third-order valence-corrected chi connectivity index (χ3v) is 14.5. The van der Waals surface area contributed by atoms with E-state index in [0.29, 0.717) is 58.4 Å². The smallest absolute Gasteiger partial charge is 0.137 e. The Hall–Kier alpha value is -8.31. The number of pyridine rings is 1. The Bertz CT molecular complexity index is 3870. The van der Waals surface area contributed by atoms with Crippen LogP contribution >= 0.6 is 0 Å². The SMILES string of the molecule is CC(C)(C)c1ccnc(-n2c3ccccc3c3ccc(Oc4cc(-c5ccccc5C(C)(C)C)cc(N5CN(c6c(-c7c(F)cc(F)cc7F)cc(C(C)(C)C)cc6-c6c(F)cc(F)cc6F)c6ccccc65)c4)cc32)c1. The van der Waals surface area contributed by atoms with Crippen molar-refractivity contribution in [1.82, 2.24) is 9.55 Å². The van der Waals surface area contributed by atoms with Crippen molar-refractivity contribution in [2.45, 2.75) is 78.6 Å². The van der Waals surface area contributed by atoms with E-state index in [2.05, 4.69) is 88.6 Å². The highest BCUT2D eigenvalue weighted by molar-refractivity contribution is 6.09. The molecule has 5 nitrogen and oxygen atoms in total. The van der Waals surface area contributed by atoms with Crippen molar-refractivity contribution in [3.63, 3.8) is 0 Å².